The van der Waals surface area contributed by atoms with Gasteiger partial charge in [0, 0.05) is 17.7 Å². The molecule has 0 saturated carbocycles. The van der Waals surface area contributed by atoms with E-state index in [2.05, 4.69) is 11.8 Å². The van der Waals surface area contributed by atoms with Gasteiger partial charge in [0.2, 0.25) is 0 Å². The zero-order valence-electron chi connectivity index (χ0n) is 22.4. The molecule has 0 radical (unpaired) electrons. The van der Waals surface area contributed by atoms with Crippen molar-refractivity contribution in [2.75, 3.05) is 7.11 Å². The lowest BCUT2D eigenvalue weighted by Gasteiger charge is -2.23. The third-order valence-electron chi connectivity index (χ3n) is 6.70. The van der Waals surface area contributed by atoms with E-state index in [1.807, 2.05) is 0 Å². The standard InChI is InChI=1S/C29H19F10NO4/c1-14-25(17-7-20(28(34,35)36)11-21(8-17)29(37,38)39)44-26(42)40(14)13-18-9-19(27(31,32)33)6-5-15(18)3-4-16-10-23(41)22(30)12-24(16)43-2/h5-12,14,25,41H,13H2,1-2H3/t14-,25?/m0/s1. The summed E-state index contributed by atoms with van der Waals surface area (Å²) in [6, 6.07) is 3.56. The summed E-state index contributed by atoms with van der Waals surface area (Å²) in [5, 5.41) is 9.68. The molecule has 0 aliphatic carbocycles. The minimum atomic E-state index is -5.17. The molecule has 0 bridgehead atoms. The van der Waals surface area contributed by atoms with Gasteiger partial charge in [0.1, 0.15) is 11.9 Å². The Hall–Kier alpha value is -4.61. The molecule has 3 aromatic carbocycles. The summed E-state index contributed by atoms with van der Waals surface area (Å²) in [6.07, 6.45) is -18.0. The molecule has 1 aliphatic heterocycles. The van der Waals surface area contributed by atoms with Crippen LogP contribution in [-0.2, 0) is 29.8 Å². The predicted octanol–water partition coefficient (Wildman–Crippen LogP) is 8.08. The van der Waals surface area contributed by atoms with Gasteiger partial charge in [0.25, 0.3) is 0 Å². The maximum Gasteiger partial charge on any atom is 0.416 e. The highest BCUT2D eigenvalue weighted by Crippen LogP contribution is 2.41. The number of phenols is 1. The van der Waals surface area contributed by atoms with Gasteiger partial charge in [-0.3, -0.25) is 4.90 Å². The Morgan fingerprint density at radius 3 is 1.95 bits per heavy atom. The highest BCUT2D eigenvalue weighted by atomic mass is 19.4. The van der Waals surface area contributed by atoms with E-state index in [1.165, 1.54) is 14.0 Å². The summed E-state index contributed by atoms with van der Waals surface area (Å²) < 4.78 is 145. The number of ether oxygens (including phenoxy) is 2. The third-order valence-corrected chi connectivity index (χ3v) is 6.70. The van der Waals surface area contributed by atoms with Crippen molar-refractivity contribution < 1.29 is 63.3 Å². The minimum Gasteiger partial charge on any atom is -0.505 e. The van der Waals surface area contributed by atoms with Crippen molar-refractivity contribution in [3.8, 4) is 23.3 Å². The Bertz CT molecular complexity index is 1620. The molecule has 1 N–H and O–H groups in total. The number of benzene rings is 3. The van der Waals surface area contributed by atoms with Gasteiger partial charge < -0.3 is 14.6 Å². The number of rotatable bonds is 4. The van der Waals surface area contributed by atoms with Crippen LogP contribution in [0.15, 0.2) is 48.5 Å². The quantitative estimate of drug-likeness (QED) is 0.233. The number of methoxy groups -OCH3 is 1. The van der Waals surface area contributed by atoms with Crippen molar-refractivity contribution in [2.45, 2.75) is 44.1 Å². The van der Waals surface area contributed by atoms with Gasteiger partial charge in [-0.15, -0.1) is 0 Å². The van der Waals surface area contributed by atoms with E-state index in [0.29, 0.717) is 24.3 Å². The first-order valence-corrected chi connectivity index (χ1v) is 12.3. The smallest absolute Gasteiger partial charge is 0.416 e. The molecule has 0 spiro atoms. The molecule has 5 nitrogen and oxygen atoms in total. The molecule has 1 fully saturated rings. The van der Waals surface area contributed by atoms with Crippen molar-refractivity contribution in [3.05, 3.63) is 93.3 Å². The number of hydrogen-bond acceptors (Lipinski definition) is 4. The Labute approximate surface area is 242 Å². The van der Waals surface area contributed by atoms with Crippen molar-refractivity contribution in [3.63, 3.8) is 0 Å². The van der Waals surface area contributed by atoms with Gasteiger partial charge in [-0.25, -0.2) is 9.18 Å². The number of phenolic OH excluding ortho intramolecular Hbond substituents is 1. The molecule has 1 aliphatic rings. The monoisotopic (exact) mass is 635 g/mol. The van der Waals surface area contributed by atoms with E-state index in [0.717, 1.165) is 23.1 Å². The van der Waals surface area contributed by atoms with E-state index >= 15 is 0 Å². The molecule has 234 valence electrons. The maximum absolute atomic E-state index is 13.7. The summed E-state index contributed by atoms with van der Waals surface area (Å²) in [5.74, 6) is 3.18. The van der Waals surface area contributed by atoms with Crippen LogP contribution in [0.3, 0.4) is 0 Å². The number of hydrogen-bond donors (Lipinski definition) is 1. The summed E-state index contributed by atoms with van der Waals surface area (Å²) in [7, 11) is 1.18. The number of amides is 1. The van der Waals surface area contributed by atoms with Gasteiger partial charge in [0.05, 0.1) is 42.0 Å². The first-order chi connectivity index (χ1) is 20.3. The lowest BCUT2D eigenvalue weighted by molar-refractivity contribution is -0.143. The lowest BCUT2D eigenvalue weighted by atomic mass is 9.97. The Balaban J connectivity index is 1.74. The van der Waals surface area contributed by atoms with Crippen LogP contribution in [0, 0.1) is 17.7 Å². The second-order valence-corrected chi connectivity index (χ2v) is 9.64. The summed E-state index contributed by atoms with van der Waals surface area (Å²) in [5.41, 5.74) is -5.37. The average Bonchev–Trinajstić information content (AvgIpc) is 3.20. The van der Waals surface area contributed by atoms with Crippen molar-refractivity contribution >= 4 is 6.09 Å². The first-order valence-electron chi connectivity index (χ1n) is 12.3. The first kappa shape index (κ1) is 32.3. The lowest BCUT2D eigenvalue weighted by Crippen LogP contribution is -2.32. The number of cyclic esters (lactones) is 1. The van der Waals surface area contributed by atoms with Gasteiger partial charge in [-0.1, -0.05) is 11.8 Å². The second-order valence-electron chi connectivity index (χ2n) is 9.64. The third kappa shape index (κ3) is 6.79. The molecule has 44 heavy (non-hydrogen) atoms. The van der Waals surface area contributed by atoms with Crippen LogP contribution in [0.4, 0.5) is 48.7 Å². The van der Waals surface area contributed by atoms with Crippen LogP contribution >= 0.6 is 0 Å². The minimum absolute atomic E-state index is 0.0451. The number of nitrogens with zero attached hydrogens (tertiary/aromatic N) is 1. The highest BCUT2D eigenvalue weighted by Gasteiger charge is 2.43. The van der Waals surface area contributed by atoms with E-state index in [4.69, 9.17) is 9.47 Å². The number of carbonyl (C=O) groups is 1. The molecule has 0 aromatic heterocycles. The van der Waals surface area contributed by atoms with Gasteiger partial charge in [-0.05, 0) is 54.4 Å². The van der Waals surface area contributed by atoms with Crippen LogP contribution in [0.1, 0.15) is 52.0 Å². The zero-order chi connectivity index (χ0) is 32.8. The van der Waals surface area contributed by atoms with E-state index < -0.39 is 77.1 Å². The number of aromatic hydroxyl groups is 1. The number of alkyl halides is 9. The summed E-state index contributed by atoms with van der Waals surface area (Å²) >= 11 is 0. The van der Waals surface area contributed by atoms with Crippen molar-refractivity contribution in [2.24, 2.45) is 0 Å². The van der Waals surface area contributed by atoms with Crippen LogP contribution in [0.25, 0.3) is 0 Å². The molecule has 1 unspecified atom stereocenters. The second kappa shape index (κ2) is 11.5. The van der Waals surface area contributed by atoms with Gasteiger partial charge >= 0.3 is 24.6 Å². The SMILES string of the molecule is COc1cc(F)c(O)cc1C#Cc1ccc(C(F)(F)F)cc1CN1C(=O)OC(c2cc(C(F)(F)F)cc(C(F)(F)F)c2)[C@@H]1C. The fourth-order valence-corrected chi connectivity index (χ4v) is 4.45. The Morgan fingerprint density at radius 2 is 1.41 bits per heavy atom. The fourth-order valence-electron chi connectivity index (χ4n) is 4.45. The average molecular weight is 635 g/mol. The van der Waals surface area contributed by atoms with Crippen molar-refractivity contribution in [1.29, 1.82) is 0 Å². The number of halogens is 10. The fraction of sp³-hybridized carbons (Fsp3) is 0.276. The maximum atomic E-state index is 13.7. The Morgan fingerprint density at radius 1 is 0.841 bits per heavy atom. The van der Waals surface area contributed by atoms with Crippen LogP contribution in [0.5, 0.6) is 11.5 Å². The highest BCUT2D eigenvalue weighted by molar-refractivity contribution is 5.71. The van der Waals surface area contributed by atoms with Crippen molar-refractivity contribution in [1.82, 2.24) is 4.90 Å². The normalized spacial score (nSPS) is 17.3. The largest absolute Gasteiger partial charge is 0.505 e. The molecule has 3 aromatic rings. The van der Waals surface area contributed by atoms with Gasteiger partial charge in [0.15, 0.2) is 11.6 Å². The molecule has 1 heterocycles. The molecule has 2 atom stereocenters. The van der Waals surface area contributed by atoms with E-state index in [-0.39, 0.29) is 28.5 Å². The summed E-state index contributed by atoms with van der Waals surface area (Å²) in [6.45, 7) is 0.607. The molecular weight excluding hydrogens is 616 g/mol. The van der Waals surface area contributed by atoms with E-state index in [1.54, 1.807) is 0 Å². The van der Waals surface area contributed by atoms with Gasteiger partial charge in [-0.2, -0.15) is 39.5 Å². The molecular formula is C29H19F10NO4. The molecule has 1 amide bonds. The Kier molecular flexibility index (Phi) is 8.43. The molecule has 1 saturated heterocycles. The molecule has 4 rings (SSSR count). The summed E-state index contributed by atoms with van der Waals surface area (Å²) in [4.78, 5) is 13.6. The van der Waals surface area contributed by atoms with Crippen LogP contribution < -0.4 is 4.74 Å². The van der Waals surface area contributed by atoms with Crippen LogP contribution in [0.2, 0.25) is 0 Å². The van der Waals surface area contributed by atoms with Crippen LogP contribution in [-0.4, -0.2) is 29.3 Å². The predicted molar refractivity (Wildman–Crippen MR) is 133 cm³/mol. The van der Waals surface area contributed by atoms with E-state index in [9.17, 15) is 53.8 Å². The molecule has 15 heteroatoms. The number of carbonyl (C=O) groups excluding carboxylic acids is 1. The zero-order valence-corrected chi connectivity index (χ0v) is 22.4. The topological polar surface area (TPSA) is 59.0 Å².